The molecule has 2 aliphatic heterocycles. The van der Waals surface area contributed by atoms with Crippen molar-refractivity contribution in [3.63, 3.8) is 0 Å². The maximum Gasteiger partial charge on any atom is 0.164 e. The summed E-state index contributed by atoms with van der Waals surface area (Å²) >= 11 is 1.59. The largest absolute Gasteiger partial charge is 0.363 e. The zero-order chi connectivity index (χ0) is 7.52. The Hall–Kier alpha value is -0.710. The van der Waals surface area contributed by atoms with E-state index in [9.17, 15) is 0 Å². The molecule has 0 radical (unpaired) electrons. The molecule has 11 heavy (non-hydrogen) atoms. The molecule has 0 saturated heterocycles. The Morgan fingerprint density at radius 3 is 1.91 bits per heavy atom. The van der Waals surface area contributed by atoms with E-state index in [0.717, 1.165) is 36.5 Å². The van der Waals surface area contributed by atoms with Crippen LogP contribution in [0.2, 0.25) is 0 Å². The van der Waals surface area contributed by atoms with E-state index in [1.54, 1.807) is 11.8 Å². The van der Waals surface area contributed by atoms with Gasteiger partial charge in [-0.2, -0.15) is 0 Å². The second kappa shape index (κ2) is 3.13. The summed E-state index contributed by atoms with van der Waals surface area (Å²) in [5, 5.41) is 8.35. The number of hydrogen-bond acceptors (Lipinski definition) is 5. The highest BCUT2D eigenvalue weighted by atomic mass is 32.2. The van der Waals surface area contributed by atoms with Crippen molar-refractivity contribution in [1.29, 1.82) is 0 Å². The third-order valence-electron chi connectivity index (χ3n) is 1.48. The van der Waals surface area contributed by atoms with Gasteiger partial charge in [0.2, 0.25) is 0 Å². The summed E-state index contributed by atoms with van der Waals surface area (Å²) in [6.45, 7) is 3.73. The SMILES string of the molecule is C1CNC(SC2=NCCN2)=N1. The van der Waals surface area contributed by atoms with E-state index in [4.69, 9.17) is 0 Å². The number of rotatable bonds is 0. The summed E-state index contributed by atoms with van der Waals surface area (Å²) in [6, 6.07) is 0. The second-order valence-electron chi connectivity index (χ2n) is 2.33. The lowest BCUT2D eigenvalue weighted by Crippen LogP contribution is -2.22. The quantitative estimate of drug-likeness (QED) is 0.522. The topological polar surface area (TPSA) is 48.8 Å². The monoisotopic (exact) mass is 170 g/mol. The molecule has 0 spiro atoms. The summed E-state index contributed by atoms with van der Waals surface area (Å²) in [5.74, 6) is 0. The minimum atomic E-state index is 0.898. The minimum absolute atomic E-state index is 0.898. The Morgan fingerprint density at radius 2 is 1.55 bits per heavy atom. The zero-order valence-electron chi connectivity index (χ0n) is 6.13. The minimum Gasteiger partial charge on any atom is -0.363 e. The van der Waals surface area contributed by atoms with Gasteiger partial charge >= 0.3 is 0 Å². The van der Waals surface area contributed by atoms with Crippen molar-refractivity contribution in [2.45, 2.75) is 0 Å². The molecule has 2 aliphatic rings. The molecule has 2 heterocycles. The van der Waals surface area contributed by atoms with Gasteiger partial charge in [0.1, 0.15) is 0 Å². The summed E-state index contributed by atoms with van der Waals surface area (Å²) in [4.78, 5) is 8.49. The van der Waals surface area contributed by atoms with Gasteiger partial charge in [-0.25, -0.2) is 0 Å². The molecule has 0 unspecified atom stereocenters. The average Bonchev–Trinajstić information content (AvgIpc) is 2.60. The molecular formula is C6H10N4S. The molecule has 2 rings (SSSR count). The van der Waals surface area contributed by atoms with Crippen molar-refractivity contribution in [2.24, 2.45) is 9.98 Å². The molecule has 2 N–H and O–H groups in total. The highest BCUT2D eigenvalue weighted by Crippen LogP contribution is 2.08. The fourth-order valence-corrected chi connectivity index (χ4v) is 1.82. The first kappa shape index (κ1) is 6.97. The smallest absolute Gasteiger partial charge is 0.164 e. The Bertz CT molecular complexity index is 189. The Balaban J connectivity index is 1.89. The molecule has 0 bridgehead atoms. The van der Waals surface area contributed by atoms with Gasteiger partial charge in [0.05, 0.1) is 13.1 Å². The lowest BCUT2D eigenvalue weighted by Gasteiger charge is -2.00. The number of thioether (sulfide) groups is 1. The number of aliphatic imine (C=N–C) groups is 2. The zero-order valence-corrected chi connectivity index (χ0v) is 6.95. The van der Waals surface area contributed by atoms with Gasteiger partial charge in [0.25, 0.3) is 0 Å². The van der Waals surface area contributed by atoms with Crippen LogP contribution in [0.1, 0.15) is 0 Å². The van der Waals surface area contributed by atoms with Crippen LogP contribution in [-0.4, -0.2) is 36.5 Å². The first-order valence-corrected chi connectivity index (χ1v) is 4.51. The molecule has 0 fully saturated rings. The molecule has 0 aromatic rings. The molecule has 5 heteroatoms. The predicted molar refractivity (Wildman–Crippen MR) is 48.2 cm³/mol. The molecule has 0 aliphatic carbocycles. The number of hydrogen-bond donors (Lipinski definition) is 2. The summed E-state index contributed by atoms with van der Waals surface area (Å²) in [5.41, 5.74) is 0. The van der Waals surface area contributed by atoms with Crippen LogP contribution in [0.4, 0.5) is 0 Å². The summed E-state index contributed by atoms with van der Waals surface area (Å²) in [7, 11) is 0. The van der Waals surface area contributed by atoms with Crippen molar-refractivity contribution < 1.29 is 0 Å². The highest BCUT2D eigenvalue weighted by molar-refractivity contribution is 8.26. The van der Waals surface area contributed by atoms with Gasteiger partial charge in [-0.05, 0) is 11.8 Å². The molecule has 4 nitrogen and oxygen atoms in total. The van der Waals surface area contributed by atoms with Gasteiger partial charge < -0.3 is 10.6 Å². The van der Waals surface area contributed by atoms with E-state index in [-0.39, 0.29) is 0 Å². The molecule has 0 aromatic heterocycles. The van der Waals surface area contributed by atoms with E-state index in [1.165, 1.54) is 0 Å². The van der Waals surface area contributed by atoms with Crippen LogP contribution in [0, 0.1) is 0 Å². The van der Waals surface area contributed by atoms with Gasteiger partial charge in [-0.15, -0.1) is 0 Å². The Labute approximate surface area is 69.6 Å². The number of nitrogens with one attached hydrogen (secondary N) is 2. The van der Waals surface area contributed by atoms with Crippen molar-refractivity contribution in [2.75, 3.05) is 26.2 Å². The summed E-state index contributed by atoms with van der Waals surface area (Å²) in [6.07, 6.45) is 0. The van der Waals surface area contributed by atoms with Crippen LogP contribution in [0.3, 0.4) is 0 Å². The van der Waals surface area contributed by atoms with Crippen LogP contribution in [0.5, 0.6) is 0 Å². The van der Waals surface area contributed by atoms with Crippen molar-refractivity contribution >= 4 is 22.1 Å². The van der Waals surface area contributed by atoms with E-state index in [1.807, 2.05) is 0 Å². The maximum atomic E-state index is 4.25. The van der Waals surface area contributed by atoms with Crippen LogP contribution in [0.25, 0.3) is 0 Å². The molecular weight excluding hydrogens is 160 g/mol. The normalized spacial score (nSPS) is 22.2. The van der Waals surface area contributed by atoms with E-state index < -0.39 is 0 Å². The number of amidine groups is 2. The molecule has 60 valence electrons. The fourth-order valence-electron chi connectivity index (χ4n) is 0.981. The van der Waals surface area contributed by atoms with Crippen LogP contribution >= 0.6 is 11.8 Å². The first-order chi connectivity index (χ1) is 5.45. The van der Waals surface area contributed by atoms with Gasteiger partial charge in [-0.1, -0.05) is 0 Å². The maximum absolute atomic E-state index is 4.25. The lowest BCUT2D eigenvalue weighted by atomic mass is 10.7. The van der Waals surface area contributed by atoms with Crippen LogP contribution in [0.15, 0.2) is 9.98 Å². The fraction of sp³-hybridized carbons (Fsp3) is 0.667. The van der Waals surface area contributed by atoms with Gasteiger partial charge in [0, 0.05) is 13.1 Å². The molecule has 0 amide bonds. The lowest BCUT2D eigenvalue weighted by molar-refractivity contribution is 0.962. The van der Waals surface area contributed by atoms with Crippen molar-refractivity contribution in [1.82, 2.24) is 10.6 Å². The van der Waals surface area contributed by atoms with Crippen LogP contribution < -0.4 is 10.6 Å². The van der Waals surface area contributed by atoms with Crippen molar-refractivity contribution in [3.05, 3.63) is 0 Å². The van der Waals surface area contributed by atoms with E-state index in [0.29, 0.717) is 0 Å². The Kier molecular flexibility index (Phi) is 1.98. The predicted octanol–water partition coefficient (Wildman–Crippen LogP) is -0.362. The summed E-state index contributed by atoms with van der Waals surface area (Å²) < 4.78 is 0. The molecule has 0 saturated carbocycles. The second-order valence-corrected chi connectivity index (χ2v) is 3.31. The first-order valence-electron chi connectivity index (χ1n) is 3.70. The number of nitrogens with zero attached hydrogens (tertiary/aromatic N) is 2. The third-order valence-corrected chi connectivity index (χ3v) is 2.41. The van der Waals surface area contributed by atoms with Crippen molar-refractivity contribution in [3.8, 4) is 0 Å². The Morgan fingerprint density at radius 1 is 1.00 bits per heavy atom. The van der Waals surface area contributed by atoms with E-state index >= 15 is 0 Å². The van der Waals surface area contributed by atoms with Crippen LogP contribution in [-0.2, 0) is 0 Å². The van der Waals surface area contributed by atoms with Gasteiger partial charge in [-0.3, -0.25) is 9.98 Å². The standard InChI is InChI=1S/C6H10N4S/c1-2-8-5(7-1)11-6-9-3-4-10-6/h1-4H2,(H,7,8)(H,9,10). The molecule has 0 aromatic carbocycles. The molecule has 0 atom stereocenters. The third kappa shape index (κ3) is 1.65. The average molecular weight is 170 g/mol. The van der Waals surface area contributed by atoms with E-state index in [2.05, 4.69) is 20.6 Å². The van der Waals surface area contributed by atoms with Gasteiger partial charge in [0.15, 0.2) is 10.3 Å². The highest BCUT2D eigenvalue weighted by Gasteiger charge is 2.11.